The molecule has 0 aliphatic carbocycles. The first-order valence-electron chi connectivity index (χ1n) is 12.6. The van der Waals surface area contributed by atoms with Gasteiger partial charge in [0.05, 0.1) is 0 Å². The van der Waals surface area contributed by atoms with Gasteiger partial charge in [-0.1, -0.05) is 46.3 Å². The van der Waals surface area contributed by atoms with Gasteiger partial charge in [-0.15, -0.1) is 0 Å². The van der Waals surface area contributed by atoms with Crippen molar-refractivity contribution < 1.29 is 4.79 Å². The molecular formula is C28H35BrN6O. The molecule has 7 nitrogen and oxygen atoms in total. The minimum Gasteiger partial charge on any atom is -0.385 e. The minimum absolute atomic E-state index is 0.122. The summed E-state index contributed by atoms with van der Waals surface area (Å²) < 4.78 is 1.02. The standard InChI is InChI=1S/C28H35BrN6O/c1-21-17-22(2)33-28(32-21)31-13-11-27(36)35-16-15-34(19-23-7-4-3-5-8-23)14-6-12-30-26-10-9-25(29)18-24(26)20-35/h3-5,7-10,17-18,30H,6,11-16,19-20H2,1-2H3,(H,31,32,33). The van der Waals surface area contributed by atoms with Crippen LogP contribution in [0.3, 0.4) is 0 Å². The molecule has 0 radical (unpaired) electrons. The van der Waals surface area contributed by atoms with Crippen LogP contribution in [0.2, 0.25) is 0 Å². The van der Waals surface area contributed by atoms with Crippen LogP contribution in [0.25, 0.3) is 0 Å². The van der Waals surface area contributed by atoms with E-state index in [2.05, 4.69) is 77.8 Å². The Bertz CT molecular complexity index is 1140. The van der Waals surface area contributed by atoms with Crippen LogP contribution in [-0.4, -0.2) is 58.4 Å². The van der Waals surface area contributed by atoms with E-state index in [4.69, 9.17) is 0 Å². The first-order chi connectivity index (χ1) is 17.5. The van der Waals surface area contributed by atoms with Crippen LogP contribution in [0.1, 0.15) is 35.4 Å². The van der Waals surface area contributed by atoms with Gasteiger partial charge in [-0.05, 0) is 55.7 Å². The lowest BCUT2D eigenvalue weighted by atomic mass is 10.1. The molecule has 3 aromatic rings. The summed E-state index contributed by atoms with van der Waals surface area (Å²) in [6.07, 6.45) is 1.42. The third kappa shape index (κ3) is 7.77. The number of amides is 1. The normalized spacial score (nSPS) is 14.9. The molecule has 2 N–H and O–H groups in total. The number of aromatic nitrogens is 2. The van der Waals surface area contributed by atoms with Crippen molar-refractivity contribution >= 4 is 33.5 Å². The largest absolute Gasteiger partial charge is 0.385 e. The number of fused-ring (bicyclic) bond motifs is 1. The molecule has 1 aromatic heterocycles. The summed E-state index contributed by atoms with van der Waals surface area (Å²) in [5.41, 5.74) is 5.34. The maximum Gasteiger partial charge on any atom is 0.224 e. The molecule has 0 bridgehead atoms. The molecule has 1 aliphatic rings. The van der Waals surface area contributed by atoms with Gasteiger partial charge in [-0.3, -0.25) is 9.69 Å². The number of aryl methyl sites for hydroxylation is 2. The first-order valence-corrected chi connectivity index (χ1v) is 13.4. The Labute approximate surface area is 222 Å². The van der Waals surface area contributed by atoms with Crippen molar-refractivity contribution in [2.24, 2.45) is 0 Å². The number of carbonyl (C=O) groups is 1. The molecule has 0 spiro atoms. The van der Waals surface area contributed by atoms with Crippen molar-refractivity contribution in [1.29, 1.82) is 0 Å². The molecule has 190 valence electrons. The lowest BCUT2D eigenvalue weighted by Crippen LogP contribution is -2.39. The van der Waals surface area contributed by atoms with E-state index in [9.17, 15) is 4.79 Å². The number of carbonyl (C=O) groups excluding carboxylic acids is 1. The molecule has 4 rings (SSSR count). The molecule has 0 saturated heterocycles. The van der Waals surface area contributed by atoms with Gasteiger partial charge >= 0.3 is 0 Å². The average molecular weight is 552 g/mol. The lowest BCUT2D eigenvalue weighted by Gasteiger charge is -2.28. The molecular weight excluding hydrogens is 516 g/mol. The van der Waals surface area contributed by atoms with Crippen molar-refractivity contribution in [3.63, 3.8) is 0 Å². The molecule has 2 aromatic carbocycles. The lowest BCUT2D eigenvalue weighted by molar-refractivity contribution is -0.131. The molecule has 0 fully saturated rings. The second-order valence-electron chi connectivity index (χ2n) is 9.31. The number of anilines is 2. The Kier molecular flexibility index (Phi) is 9.30. The Hall–Kier alpha value is -2.97. The van der Waals surface area contributed by atoms with Gasteiger partial charge in [0.2, 0.25) is 11.9 Å². The molecule has 0 atom stereocenters. The monoisotopic (exact) mass is 550 g/mol. The number of hydrogen-bond acceptors (Lipinski definition) is 6. The Balaban J connectivity index is 1.46. The third-order valence-electron chi connectivity index (χ3n) is 6.29. The molecule has 0 unspecified atom stereocenters. The van der Waals surface area contributed by atoms with Crippen LogP contribution in [0.5, 0.6) is 0 Å². The van der Waals surface area contributed by atoms with Crippen molar-refractivity contribution in [1.82, 2.24) is 19.8 Å². The van der Waals surface area contributed by atoms with Gasteiger partial charge in [-0.25, -0.2) is 9.97 Å². The van der Waals surface area contributed by atoms with Crippen LogP contribution in [-0.2, 0) is 17.9 Å². The highest BCUT2D eigenvalue weighted by atomic mass is 79.9. The Morgan fingerprint density at radius 1 is 1.03 bits per heavy atom. The average Bonchev–Trinajstić information content (AvgIpc) is 2.88. The fourth-order valence-corrected chi connectivity index (χ4v) is 4.92. The molecule has 2 heterocycles. The zero-order valence-corrected chi connectivity index (χ0v) is 22.7. The van der Waals surface area contributed by atoms with E-state index in [0.29, 0.717) is 32.0 Å². The SMILES string of the molecule is Cc1cc(C)nc(NCCC(=O)N2CCN(Cc3ccccc3)CCCNc3ccc(Br)cc3C2)n1. The van der Waals surface area contributed by atoms with Gasteiger partial charge in [0.1, 0.15) is 0 Å². The van der Waals surface area contributed by atoms with Gasteiger partial charge in [0, 0.05) is 73.8 Å². The maximum atomic E-state index is 13.4. The summed E-state index contributed by atoms with van der Waals surface area (Å²) in [6, 6.07) is 18.8. The maximum absolute atomic E-state index is 13.4. The fraction of sp³-hybridized carbons (Fsp3) is 0.393. The van der Waals surface area contributed by atoms with E-state index in [1.165, 1.54) is 5.56 Å². The zero-order chi connectivity index (χ0) is 25.3. The van der Waals surface area contributed by atoms with Crippen molar-refractivity contribution in [3.8, 4) is 0 Å². The van der Waals surface area contributed by atoms with E-state index in [0.717, 1.165) is 59.7 Å². The second-order valence-corrected chi connectivity index (χ2v) is 10.2. The summed E-state index contributed by atoms with van der Waals surface area (Å²) in [4.78, 5) is 26.7. The van der Waals surface area contributed by atoms with Crippen molar-refractivity contribution in [2.75, 3.05) is 43.4 Å². The molecule has 1 amide bonds. The number of rotatable bonds is 6. The summed E-state index contributed by atoms with van der Waals surface area (Å²) in [5, 5.41) is 6.82. The summed E-state index contributed by atoms with van der Waals surface area (Å²) in [7, 11) is 0. The number of hydrogen-bond donors (Lipinski definition) is 2. The number of halogens is 1. The summed E-state index contributed by atoms with van der Waals surface area (Å²) in [5.74, 6) is 0.696. The molecule has 8 heteroatoms. The molecule has 0 saturated carbocycles. The predicted molar refractivity (Wildman–Crippen MR) is 149 cm³/mol. The van der Waals surface area contributed by atoms with Crippen LogP contribution in [0.15, 0.2) is 59.1 Å². The molecule has 36 heavy (non-hydrogen) atoms. The van der Waals surface area contributed by atoms with Crippen molar-refractivity contribution in [3.05, 3.63) is 81.6 Å². The van der Waals surface area contributed by atoms with Crippen LogP contribution in [0, 0.1) is 13.8 Å². The number of benzene rings is 2. The second kappa shape index (κ2) is 12.8. The zero-order valence-electron chi connectivity index (χ0n) is 21.1. The van der Waals surface area contributed by atoms with Crippen LogP contribution >= 0.6 is 15.9 Å². The summed E-state index contributed by atoms with van der Waals surface area (Å²) in [6.45, 7) is 9.22. The van der Waals surface area contributed by atoms with Gasteiger partial charge in [0.15, 0.2) is 0 Å². The first kappa shape index (κ1) is 26.1. The van der Waals surface area contributed by atoms with E-state index in [1.54, 1.807) is 0 Å². The van der Waals surface area contributed by atoms with Crippen molar-refractivity contribution in [2.45, 2.75) is 39.8 Å². The topological polar surface area (TPSA) is 73.4 Å². The highest BCUT2D eigenvalue weighted by Gasteiger charge is 2.19. The van der Waals surface area contributed by atoms with Gasteiger partial charge in [0.25, 0.3) is 0 Å². The third-order valence-corrected chi connectivity index (χ3v) is 6.78. The van der Waals surface area contributed by atoms with Gasteiger partial charge < -0.3 is 15.5 Å². The quantitative estimate of drug-likeness (QED) is 0.449. The van der Waals surface area contributed by atoms with E-state index < -0.39 is 0 Å². The highest BCUT2D eigenvalue weighted by molar-refractivity contribution is 9.10. The predicted octanol–water partition coefficient (Wildman–Crippen LogP) is 5.00. The fourth-order valence-electron chi connectivity index (χ4n) is 4.51. The Morgan fingerprint density at radius 3 is 2.58 bits per heavy atom. The Morgan fingerprint density at radius 2 is 1.81 bits per heavy atom. The number of nitrogens with zero attached hydrogens (tertiary/aromatic N) is 4. The summed E-state index contributed by atoms with van der Waals surface area (Å²) >= 11 is 3.61. The van der Waals surface area contributed by atoms with E-state index >= 15 is 0 Å². The minimum atomic E-state index is 0.122. The number of nitrogens with one attached hydrogen (secondary N) is 2. The van der Waals surface area contributed by atoms with Crippen LogP contribution < -0.4 is 10.6 Å². The smallest absolute Gasteiger partial charge is 0.224 e. The van der Waals surface area contributed by atoms with E-state index in [-0.39, 0.29) is 5.91 Å². The van der Waals surface area contributed by atoms with Crippen LogP contribution in [0.4, 0.5) is 11.6 Å². The van der Waals surface area contributed by atoms with E-state index in [1.807, 2.05) is 36.9 Å². The molecule has 1 aliphatic heterocycles. The highest BCUT2D eigenvalue weighted by Crippen LogP contribution is 2.24. The van der Waals surface area contributed by atoms with Gasteiger partial charge in [-0.2, -0.15) is 0 Å².